The number of para-hydroxylation sites is 1. The molecule has 0 fully saturated rings. The first-order chi connectivity index (χ1) is 10.2. The van der Waals surface area contributed by atoms with Gasteiger partial charge in [0.05, 0.1) is 11.5 Å². The van der Waals surface area contributed by atoms with Crippen molar-refractivity contribution in [3.05, 3.63) is 58.6 Å². The van der Waals surface area contributed by atoms with Crippen molar-refractivity contribution < 1.29 is 9.66 Å². The van der Waals surface area contributed by atoms with Crippen LogP contribution in [0.3, 0.4) is 0 Å². The van der Waals surface area contributed by atoms with Crippen LogP contribution in [0.15, 0.2) is 48.5 Å². The lowest BCUT2D eigenvalue weighted by Crippen LogP contribution is -2.07. The summed E-state index contributed by atoms with van der Waals surface area (Å²) in [5, 5.41) is 13.8. The van der Waals surface area contributed by atoms with E-state index in [0.29, 0.717) is 13.2 Å². The summed E-state index contributed by atoms with van der Waals surface area (Å²) in [5.41, 5.74) is 6.47. The van der Waals surface area contributed by atoms with Crippen molar-refractivity contribution >= 4 is 17.1 Å². The molecule has 0 radical (unpaired) electrons. The number of nitro groups is 1. The zero-order valence-electron chi connectivity index (χ0n) is 11.5. The molecule has 0 atom stereocenters. The minimum absolute atomic E-state index is 0.0760. The highest BCUT2D eigenvalue weighted by molar-refractivity contribution is 5.65. The van der Waals surface area contributed by atoms with Crippen LogP contribution in [-0.2, 0) is 0 Å². The quantitative estimate of drug-likeness (QED) is 0.353. The number of nitrogens with two attached hydrogens (primary N) is 1. The topological polar surface area (TPSA) is 90.4 Å². The molecule has 2 aromatic rings. The van der Waals surface area contributed by atoms with Gasteiger partial charge in [-0.15, -0.1) is 0 Å². The van der Waals surface area contributed by atoms with E-state index in [1.165, 1.54) is 6.07 Å². The van der Waals surface area contributed by atoms with Crippen LogP contribution in [-0.4, -0.2) is 18.1 Å². The Labute approximate surface area is 122 Å². The third-order valence-corrected chi connectivity index (χ3v) is 2.89. The molecule has 6 heteroatoms. The van der Waals surface area contributed by atoms with Crippen molar-refractivity contribution in [3.63, 3.8) is 0 Å². The predicted octanol–water partition coefficient (Wildman–Crippen LogP) is 3.06. The number of nitrogens with zero attached hydrogens (tertiary/aromatic N) is 1. The Morgan fingerprint density at radius 3 is 2.62 bits per heavy atom. The van der Waals surface area contributed by atoms with Gasteiger partial charge in [0.1, 0.15) is 11.4 Å². The van der Waals surface area contributed by atoms with Crippen LogP contribution in [0.25, 0.3) is 0 Å². The molecule has 0 heterocycles. The van der Waals surface area contributed by atoms with Gasteiger partial charge in [-0.1, -0.05) is 18.2 Å². The highest BCUT2D eigenvalue weighted by atomic mass is 16.6. The van der Waals surface area contributed by atoms with Crippen LogP contribution in [0, 0.1) is 10.1 Å². The molecule has 0 aliphatic carbocycles. The van der Waals surface area contributed by atoms with Gasteiger partial charge in [-0.3, -0.25) is 10.1 Å². The average Bonchev–Trinajstić information content (AvgIpc) is 2.47. The molecule has 0 saturated carbocycles. The standard InChI is InChI=1S/C15H17N3O3/c16-14-11-12(7-8-15(14)18(19)20)17-9-4-10-21-13-5-2-1-3-6-13/h1-3,5-8,11,17H,4,9-10,16H2. The van der Waals surface area contributed by atoms with Crippen molar-refractivity contribution in [2.75, 3.05) is 24.2 Å². The van der Waals surface area contributed by atoms with Crippen LogP contribution in [0.2, 0.25) is 0 Å². The van der Waals surface area contributed by atoms with Crippen LogP contribution in [0.5, 0.6) is 5.75 Å². The van der Waals surface area contributed by atoms with E-state index in [0.717, 1.165) is 17.9 Å². The number of nitro benzene ring substituents is 1. The molecule has 0 aliphatic rings. The van der Waals surface area contributed by atoms with Gasteiger partial charge in [0.25, 0.3) is 5.69 Å². The maximum Gasteiger partial charge on any atom is 0.292 e. The number of benzene rings is 2. The number of hydrogen-bond acceptors (Lipinski definition) is 5. The highest BCUT2D eigenvalue weighted by Crippen LogP contribution is 2.24. The SMILES string of the molecule is Nc1cc(NCCCOc2ccccc2)ccc1[N+](=O)[O-]. The predicted molar refractivity (Wildman–Crippen MR) is 82.6 cm³/mol. The molecular formula is C15H17N3O3. The van der Waals surface area contributed by atoms with Gasteiger partial charge in [0.2, 0.25) is 0 Å². The number of rotatable bonds is 7. The van der Waals surface area contributed by atoms with Crippen molar-refractivity contribution in [2.45, 2.75) is 6.42 Å². The summed E-state index contributed by atoms with van der Waals surface area (Å²) in [6, 6.07) is 14.2. The molecule has 0 amide bonds. The summed E-state index contributed by atoms with van der Waals surface area (Å²) in [5.74, 6) is 0.845. The fraction of sp³-hybridized carbons (Fsp3) is 0.200. The van der Waals surface area contributed by atoms with E-state index in [4.69, 9.17) is 10.5 Å². The first-order valence-electron chi connectivity index (χ1n) is 6.62. The summed E-state index contributed by atoms with van der Waals surface area (Å²) >= 11 is 0. The Morgan fingerprint density at radius 1 is 1.19 bits per heavy atom. The van der Waals surface area contributed by atoms with Gasteiger partial charge in [-0.25, -0.2) is 0 Å². The fourth-order valence-electron chi connectivity index (χ4n) is 1.84. The van der Waals surface area contributed by atoms with Gasteiger partial charge in [0, 0.05) is 18.3 Å². The summed E-state index contributed by atoms with van der Waals surface area (Å²) in [6.45, 7) is 1.30. The van der Waals surface area contributed by atoms with E-state index in [1.807, 2.05) is 30.3 Å². The van der Waals surface area contributed by atoms with Gasteiger partial charge < -0.3 is 15.8 Å². The molecule has 0 saturated heterocycles. The molecule has 3 N–H and O–H groups in total. The van der Waals surface area contributed by atoms with Crippen molar-refractivity contribution in [1.29, 1.82) is 0 Å². The van der Waals surface area contributed by atoms with Crippen LogP contribution in [0.4, 0.5) is 17.1 Å². The zero-order chi connectivity index (χ0) is 15.1. The molecule has 21 heavy (non-hydrogen) atoms. The number of nitrogen functional groups attached to an aromatic ring is 1. The first-order valence-corrected chi connectivity index (χ1v) is 6.62. The number of nitrogens with one attached hydrogen (secondary N) is 1. The second-order valence-corrected chi connectivity index (χ2v) is 4.47. The van der Waals surface area contributed by atoms with Gasteiger partial charge in [0.15, 0.2) is 0 Å². The average molecular weight is 287 g/mol. The Kier molecular flexibility index (Phi) is 4.98. The fourth-order valence-corrected chi connectivity index (χ4v) is 1.84. The monoisotopic (exact) mass is 287 g/mol. The summed E-state index contributed by atoms with van der Waals surface area (Å²) in [6.07, 6.45) is 0.811. The molecule has 2 rings (SSSR count). The van der Waals surface area contributed by atoms with Crippen molar-refractivity contribution in [1.82, 2.24) is 0 Å². The van der Waals surface area contributed by atoms with Crippen molar-refractivity contribution in [3.8, 4) is 5.75 Å². The molecule has 0 aromatic heterocycles. The van der Waals surface area contributed by atoms with E-state index < -0.39 is 4.92 Å². The Morgan fingerprint density at radius 2 is 1.95 bits per heavy atom. The van der Waals surface area contributed by atoms with E-state index >= 15 is 0 Å². The molecule has 0 aliphatic heterocycles. The van der Waals surface area contributed by atoms with E-state index in [-0.39, 0.29) is 11.4 Å². The Bertz CT molecular complexity index is 602. The van der Waals surface area contributed by atoms with Crippen LogP contribution in [0.1, 0.15) is 6.42 Å². The highest BCUT2D eigenvalue weighted by Gasteiger charge is 2.10. The minimum Gasteiger partial charge on any atom is -0.494 e. The summed E-state index contributed by atoms with van der Waals surface area (Å²) < 4.78 is 5.56. The maximum absolute atomic E-state index is 10.7. The summed E-state index contributed by atoms with van der Waals surface area (Å²) in [4.78, 5) is 10.2. The number of ether oxygens (including phenoxy) is 1. The lowest BCUT2D eigenvalue weighted by molar-refractivity contribution is -0.383. The molecular weight excluding hydrogens is 270 g/mol. The normalized spacial score (nSPS) is 10.1. The smallest absolute Gasteiger partial charge is 0.292 e. The van der Waals surface area contributed by atoms with E-state index in [1.54, 1.807) is 12.1 Å². The Balaban J connectivity index is 1.74. The molecule has 2 aromatic carbocycles. The first kappa shape index (κ1) is 14.6. The number of anilines is 2. The second kappa shape index (κ2) is 7.14. The number of hydrogen-bond donors (Lipinski definition) is 2. The molecule has 0 spiro atoms. The van der Waals surface area contributed by atoms with Gasteiger partial charge >= 0.3 is 0 Å². The van der Waals surface area contributed by atoms with Crippen LogP contribution >= 0.6 is 0 Å². The van der Waals surface area contributed by atoms with Crippen molar-refractivity contribution in [2.24, 2.45) is 0 Å². The second-order valence-electron chi connectivity index (χ2n) is 4.47. The van der Waals surface area contributed by atoms with Crippen LogP contribution < -0.4 is 15.8 Å². The third-order valence-electron chi connectivity index (χ3n) is 2.89. The van der Waals surface area contributed by atoms with E-state index in [9.17, 15) is 10.1 Å². The molecule has 110 valence electrons. The zero-order valence-corrected chi connectivity index (χ0v) is 11.5. The Hall–Kier alpha value is -2.76. The van der Waals surface area contributed by atoms with Gasteiger partial charge in [-0.2, -0.15) is 0 Å². The lowest BCUT2D eigenvalue weighted by Gasteiger charge is -2.08. The molecule has 0 unspecified atom stereocenters. The van der Waals surface area contributed by atoms with E-state index in [2.05, 4.69) is 5.32 Å². The summed E-state index contributed by atoms with van der Waals surface area (Å²) in [7, 11) is 0. The third kappa shape index (κ3) is 4.38. The largest absolute Gasteiger partial charge is 0.494 e. The minimum atomic E-state index is -0.493. The maximum atomic E-state index is 10.7. The molecule has 6 nitrogen and oxygen atoms in total. The molecule has 0 bridgehead atoms. The lowest BCUT2D eigenvalue weighted by atomic mass is 10.2. The van der Waals surface area contributed by atoms with Gasteiger partial charge in [-0.05, 0) is 30.7 Å².